The largest absolute Gasteiger partial charge is 0.350 e. The van der Waals surface area contributed by atoms with E-state index in [1.165, 1.54) is 12.1 Å². The lowest BCUT2D eigenvalue weighted by Gasteiger charge is -2.24. The molecule has 1 N–H and O–H groups in total. The Kier molecular flexibility index (Phi) is 5.25. The highest BCUT2D eigenvalue weighted by atomic mass is 19.1. The molecule has 1 aromatic heterocycles. The van der Waals surface area contributed by atoms with Crippen LogP contribution >= 0.6 is 0 Å². The van der Waals surface area contributed by atoms with E-state index in [0.717, 1.165) is 6.20 Å². The molecule has 0 atom stereocenters. The highest BCUT2D eigenvalue weighted by molar-refractivity contribution is 5.92. The fraction of sp³-hybridized carbons (Fsp3) is 0.571. The van der Waals surface area contributed by atoms with Crippen LogP contribution in [0.15, 0.2) is 18.3 Å². The number of amides is 1. The Morgan fingerprint density at radius 2 is 1.89 bits per heavy atom. The smallest absolute Gasteiger partial charge is 0.269 e. The molecule has 0 fully saturated rings. The number of carbonyl (C=O) groups is 1. The maximum atomic E-state index is 12.7. The maximum absolute atomic E-state index is 12.7. The van der Waals surface area contributed by atoms with Crippen LogP contribution in [0.25, 0.3) is 0 Å². The predicted octanol–water partition coefficient (Wildman–Crippen LogP) is 2.88. The third kappa shape index (κ3) is 4.09. The lowest BCUT2D eigenvalue weighted by atomic mass is 9.85. The van der Waals surface area contributed by atoms with Gasteiger partial charge < -0.3 is 5.32 Å². The summed E-state index contributed by atoms with van der Waals surface area (Å²) < 4.78 is 12.7. The molecule has 1 heterocycles. The van der Waals surface area contributed by atoms with Gasteiger partial charge in [-0.05, 0) is 29.9 Å². The van der Waals surface area contributed by atoms with Crippen molar-refractivity contribution < 1.29 is 9.18 Å². The molecule has 0 aliphatic carbocycles. The summed E-state index contributed by atoms with van der Waals surface area (Å²) >= 11 is 0. The lowest BCUT2D eigenvalue weighted by molar-refractivity contribution is 0.0932. The molecule has 0 saturated carbocycles. The maximum Gasteiger partial charge on any atom is 0.269 e. The second-order valence-electron chi connectivity index (χ2n) is 5.22. The van der Waals surface area contributed by atoms with E-state index in [0.29, 0.717) is 24.3 Å². The average molecular weight is 252 g/mol. The van der Waals surface area contributed by atoms with Gasteiger partial charge in [-0.2, -0.15) is 0 Å². The van der Waals surface area contributed by atoms with E-state index >= 15 is 0 Å². The van der Waals surface area contributed by atoms with Gasteiger partial charge in [-0.25, -0.2) is 9.37 Å². The lowest BCUT2D eigenvalue weighted by Crippen LogP contribution is -2.34. The van der Waals surface area contributed by atoms with Crippen molar-refractivity contribution in [2.45, 2.75) is 27.7 Å². The van der Waals surface area contributed by atoms with Crippen LogP contribution in [-0.4, -0.2) is 17.4 Å². The van der Waals surface area contributed by atoms with Crippen molar-refractivity contribution in [3.05, 3.63) is 29.8 Å². The summed E-state index contributed by atoms with van der Waals surface area (Å²) in [4.78, 5) is 15.6. The predicted molar refractivity (Wildman–Crippen MR) is 69.7 cm³/mol. The van der Waals surface area contributed by atoms with Gasteiger partial charge in [-0.3, -0.25) is 4.79 Å². The number of pyridine rings is 1. The molecule has 0 aliphatic rings. The highest BCUT2D eigenvalue weighted by Crippen LogP contribution is 2.19. The summed E-state index contributed by atoms with van der Waals surface area (Å²) in [7, 11) is 0. The van der Waals surface area contributed by atoms with Crippen LogP contribution in [0.4, 0.5) is 4.39 Å². The molecule has 4 heteroatoms. The number of hydrogen-bond donors (Lipinski definition) is 1. The van der Waals surface area contributed by atoms with Gasteiger partial charge in [0.25, 0.3) is 5.91 Å². The third-order valence-corrected chi connectivity index (χ3v) is 3.17. The molecule has 0 spiro atoms. The minimum Gasteiger partial charge on any atom is -0.350 e. The normalized spacial score (nSPS) is 11.3. The molecule has 0 aliphatic heterocycles. The molecule has 18 heavy (non-hydrogen) atoms. The molecule has 100 valence electrons. The van der Waals surface area contributed by atoms with Crippen LogP contribution in [0, 0.1) is 23.6 Å². The van der Waals surface area contributed by atoms with Gasteiger partial charge in [0, 0.05) is 6.54 Å². The zero-order valence-electron chi connectivity index (χ0n) is 11.4. The van der Waals surface area contributed by atoms with Crippen LogP contribution in [0.3, 0.4) is 0 Å². The first-order chi connectivity index (χ1) is 8.41. The summed E-state index contributed by atoms with van der Waals surface area (Å²) in [6.07, 6.45) is 1.05. The Bertz CT molecular complexity index is 379. The van der Waals surface area contributed by atoms with Crippen molar-refractivity contribution in [2.75, 3.05) is 6.54 Å². The van der Waals surface area contributed by atoms with E-state index in [1.807, 2.05) is 0 Å². The van der Waals surface area contributed by atoms with Gasteiger partial charge in [0.05, 0.1) is 6.20 Å². The summed E-state index contributed by atoms with van der Waals surface area (Å²) in [6, 6.07) is 2.63. The second kappa shape index (κ2) is 6.47. The Morgan fingerprint density at radius 3 is 2.33 bits per heavy atom. The zero-order valence-corrected chi connectivity index (χ0v) is 11.4. The first-order valence-corrected chi connectivity index (χ1v) is 6.31. The van der Waals surface area contributed by atoms with E-state index in [-0.39, 0.29) is 11.6 Å². The summed E-state index contributed by atoms with van der Waals surface area (Å²) in [5.74, 6) is 0.752. The third-order valence-electron chi connectivity index (χ3n) is 3.17. The van der Waals surface area contributed by atoms with E-state index in [4.69, 9.17) is 0 Å². The zero-order chi connectivity index (χ0) is 13.7. The highest BCUT2D eigenvalue weighted by Gasteiger charge is 2.18. The van der Waals surface area contributed by atoms with Crippen LogP contribution in [0.5, 0.6) is 0 Å². The molecular formula is C14H21FN2O. The SMILES string of the molecule is CC(C)C(CNC(=O)c1ccc(F)cn1)C(C)C. The van der Waals surface area contributed by atoms with Gasteiger partial charge in [0.15, 0.2) is 0 Å². The number of nitrogens with one attached hydrogen (secondary N) is 1. The number of hydrogen-bond acceptors (Lipinski definition) is 2. The quantitative estimate of drug-likeness (QED) is 0.875. The number of rotatable bonds is 5. The molecule has 0 saturated heterocycles. The fourth-order valence-corrected chi connectivity index (χ4v) is 2.05. The molecule has 1 amide bonds. The number of nitrogens with zero attached hydrogens (tertiary/aromatic N) is 1. The van der Waals surface area contributed by atoms with Crippen LogP contribution < -0.4 is 5.32 Å². The Hall–Kier alpha value is -1.45. The summed E-state index contributed by atoms with van der Waals surface area (Å²) in [5, 5.41) is 2.86. The molecule has 3 nitrogen and oxygen atoms in total. The average Bonchev–Trinajstić information content (AvgIpc) is 2.28. The number of aromatic nitrogens is 1. The molecule has 0 radical (unpaired) electrons. The van der Waals surface area contributed by atoms with Crippen molar-refractivity contribution >= 4 is 5.91 Å². The molecule has 1 aromatic rings. The molecule has 1 rings (SSSR count). The minimum absolute atomic E-state index is 0.249. The van der Waals surface area contributed by atoms with Gasteiger partial charge in [0.2, 0.25) is 0 Å². The topological polar surface area (TPSA) is 42.0 Å². The van der Waals surface area contributed by atoms with Crippen LogP contribution in [0.1, 0.15) is 38.2 Å². The minimum atomic E-state index is -0.436. The molecular weight excluding hydrogens is 231 g/mol. The first kappa shape index (κ1) is 14.6. The first-order valence-electron chi connectivity index (χ1n) is 6.31. The molecule has 0 bridgehead atoms. The number of carbonyl (C=O) groups excluding carboxylic acids is 1. The van der Waals surface area contributed by atoms with E-state index in [1.54, 1.807) is 0 Å². The van der Waals surface area contributed by atoms with Crippen molar-refractivity contribution in [3.8, 4) is 0 Å². The van der Waals surface area contributed by atoms with Crippen molar-refractivity contribution in [3.63, 3.8) is 0 Å². The second-order valence-corrected chi connectivity index (χ2v) is 5.22. The fourth-order valence-electron chi connectivity index (χ4n) is 2.05. The van der Waals surface area contributed by atoms with Crippen LogP contribution in [-0.2, 0) is 0 Å². The van der Waals surface area contributed by atoms with Gasteiger partial charge in [0.1, 0.15) is 11.5 Å². The Morgan fingerprint density at radius 1 is 1.28 bits per heavy atom. The van der Waals surface area contributed by atoms with Crippen molar-refractivity contribution in [1.82, 2.24) is 10.3 Å². The van der Waals surface area contributed by atoms with E-state index in [9.17, 15) is 9.18 Å². The van der Waals surface area contributed by atoms with Gasteiger partial charge >= 0.3 is 0 Å². The summed E-state index contributed by atoms with van der Waals surface area (Å²) in [6.45, 7) is 9.20. The summed E-state index contributed by atoms with van der Waals surface area (Å²) in [5.41, 5.74) is 0.252. The van der Waals surface area contributed by atoms with Crippen molar-refractivity contribution in [2.24, 2.45) is 17.8 Å². The monoisotopic (exact) mass is 252 g/mol. The Labute approximate surface area is 108 Å². The standard InChI is InChI=1S/C14H21FN2O/c1-9(2)12(10(3)4)8-17-14(18)13-6-5-11(15)7-16-13/h5-7,9-10,12H,8H2,1-4H3,(H,17,18). The van der Waals surface area contributed by atoms with Crippen LogP contribution in [0.2, 0.25) is 0 Å². The van der Waals surface area contributed by atoms with Gasteiger partial charge in [-0.15, -0.1) is 0 Å². The van der Waals surface area contributed by atoms with E-state index in [2.05, 4.69) is 38.0 Å². The number of halogens is 1. The molecule has 0 unspecified atom stereocenters. The van der Waals surface area contributed by atoms with E-state index < -0.39 is 5.82 Å². The van der Waals surface area contributed by atoms with Gasteiger partial charge in [-0.1, -0.05) is 27.7 Å². The van der Waals surface area contributed by atoms with Crippen molar-refractivity contribution in [1.29, 1.82) is 0 Å². The Balaban J connectivity index is 2.57. The molecule has 0 aromatic carbocycles.